The van der Waals surface area contributed by atoms with Crippen LogP contribution < -0.4 is 5.32 Å². The van der Waals surface area contributed by atoms with Gasteiger partial charge in [-0.25, -0.2) is 4.79 Å². The molecular formula is C21H30N2O3. The van der Waals surface area contributed by atoms with Crippen LogP contribution in [0.25, 0.3) is 10.9 Å². The molecule has 1 atom stereocenters. The number of unbranched alkanes of at least 4 members (excludes halogenated alkanes) is 2. The summed E-state index contributed by atoms with van der Waals surface area (Å²) < 4.78 is 6.94. The second kappa shape index (κ2) is 8.39. The van der Waals surface area contributed by atoms with Gasteiger partial charge in [-0.1, -0.05) is 58.7 Å². The van der Waals surface area contributed by atoms with Crippen LogP contribution in [-0.4, -0.2) is 29.6 Å². The molecule has 2 aromatic rings. The summed E-state index contributed by atoms with van der Waals surface area (Å²) in [6.07, 6.45) is 3.24. The van der Waals surface area contributed by atoms with E-state index in [1.54, 1.807) is 0 Å². The Balaban J connectivity index is 2.36. The molecule has 1 N–H and O–H groups in total. The van der Waals surface area contributed by atoms with E-state index in [9.17, 15) is 9.59 Å². The largest absolute Gasteiger partial charge is 0.467 e. The molecule has 1 amide bonds. The summed E-state index contributed by atoms with van der Waals surface area (Å²) in [5, 5.41) is 3.91. The normalized spacial score (nSPS) is 12.8. The highest BCUT2D eigenvalue weighted by Crippen LogP contribution is 2.24. The van der Waals surface area contributed by atoms with Crippen LogP contribution in [0.15, 0.2) is 30.3 Å². The third kappa shape index (κ3) is 4.45. The molecule has 0 bridgehead atoms. The number of hydrogen-bond donors (Lipinski definition) is 1. The van der Waals surface area contributed by atoms with Gasteiger partial charge in [0.05, 0.1) is 7.11 Å². The van der Waals surface area contributed by atoms with E-state index >= 15 is 0 Å². The van der Waals surface area contributed by atoms with Crippen LogP contribution in [0.4, 0.5) is 0 Å². The molecular weight excluding hydrogens is 328 g/mol. The third-order valence-corrected chi connectivity index (χ3v) is 4.61. The average molecular weight is 358 g/mol. The zero-order valence-electron chi connectivity index (χ0n) is 16.5. The topological polar surface area (TPSA) is 60.3 Å². The molecule has 1 heterocycles. The van der Waals surface area contributed by atoms with E-state index in [0.29, 0.717) is 5.69 Å². The standard InChI is InChI=1S/C21H30N2O3/c1-6-7-10-13-23-16-12-9-8-11-15(16)14-17(23)19(24)22-18(20(25)26-5)21(2,3)4/h8-9,11-12,14,18H,6-7,10,13H2,1-5H3,(H,22,24)/t18-/m1/s1. The Morgan fingerprint density at radius 1 is 1.19 bits per heavy atom. The first-order valence-corrected chi connectivity index (χ1v) is 9.26. The van der Waals surface area contributed by atoms with Crippen molar-refractivity contribution in [1.82, 2.24) is 9.88 Å². The third-order valence-electron chi connectivity index (χ3n) is 4.61. The minimum Gasteiger partial charge on any atom is -0.467 e. The van der Waals surface area contributed by atoms with Crippen LogP contribution in [0.5, 0.6) is 0 Å². The number of rotatable bonds is 7. The number of fused-ring (bicyclic) bond motifs is 1. The first kappa shape index (κ1) is 20.0. The smallest absolute Gasteiger partial charge is 0.328 e. The first-order chi connectivity index (χ1) is 12.3. The van der Waals surface area contributed by atoms with Crippen molar-refractivity contribution >= 4 is 22.8 Å². The highest BCUT2D eigenvalue weighted by atomic mass is 16.5. The summed E-state index contributed by atoms with van der Waals surface area (Å²) in [5.74, 6) is -0.678. The first-order valence-electron chi connectivity index (χ1n) is 9.26. The lowest BCUT2D eigenvalue weighted by molar-refractivity contribution is -0.145. The summed E-state index contributed by atoms with van der Waals surface area (Å²) in [7, 11) is 1.34. The fourth-order valence-electron chi connectivity index (χ4n) is 3.11. The number of benzene rings is 1. The molecule has 1 aromatic heterocycles. The molecule has 0 saturated heterocycles. The van der Waals surface area contributed by atoms with Crippen LogP contribution in [-0.2, 0) is 16.1 Å². The van der Waals surface area contributed by atoms with Crippen molar-refractivity contribution in [2.24, 2.45) is 5.41 Å². The van der Waals surface area contributed by atoms with E-state index in [4.69, 9.17) is 4.74 Å². The molecule has 5 heteroatoms. The predicted octanol–water partition coefficient (Wildman–Crippen LogP) is 4.15. The molecule has 0 radical (unpaired) electrons. The van der Waals surface area contributed by atoms with Crippen LogP contribution in [0, 0.1) is 5.41 Å². The lowest BCUT2D eigenvalue weighted by atomic mass is 9.86. The van der Waals surface area contributed by atoms with Gasteiger partial charge in [-0.2, -0.15) is 0 Å². The van der Waals surface area contributed by atoms with E-state index < -0.39 is 17.4 Å². The van der Waals surface area contributed by atoms with E-state index in [1.807, 2.05) is 51.1 Å². The molecule has 0 unspecified atom stereocenters. The van der Waals surface area contributed by atoms with Crippen molar-refractivity contribution in [2.75, 3.05) is 7.11 Å². The maximum absolute atomic E-state index is 13.0. The molecule has 26 heavy (non-hydrogen) atoms. The number of aromatic nitrogens is 1. The van der Waals surface area contributed by atoms with Crippen molar-refractivity contribution in [3.05, 3.63) is 36.0 Å². The fraction of sp³-hybridized carbons (Fsp3) is 0.524. The minimum atomic E-state index is -0.706. The van der Waals surface area contributed by atoms with E-state index in [-0.39, 0.29) is 5.91 Å². The molecule has 1 aromatic carbocycles. The fourth-order valence-corrected chi connectivity index (χ4v) is 3.11. The van der Waals surface area contributed by atoms with E-state index in [2.05, 4.69) is 16.8 Å². The van der Waals surface area contributed by atoms with Crippen molar-refractivity contribution in [1.29, 1.82) is 0 Å². The van der Waals surface area contributed by atoms with E-state index in [1.165, 1.54) is 7.11 Å². The lowest BCUT2D eigenvalue weighted by Crippen LogP contribution is -2.50. The Labute approximate surface area is 155 Å². The molecule has 0 aliphatic rings. The number of aryl methyl sites for hydroxylation is 1. The Bertz CT molecular complexity index is 771. The molecule has 0 fully saturated rings. The van der Waals surface area contributed by atoms with Gasteiger partial charge in [-0.15, -0.1) is 0 Å². The molecule has 0 aliphatic heterocycles. The quantitative estimate of drug-likeness (QED) is 0.597. The summed E-state index contributed by atoms with van der Waals surface area (Å²) in [6, 6.07) is 9.17. The maximum atomic E-state index is 13.0. The summed E-state index contributed by atoms with van der Waals surface area (Å²) in [6.45, 7) is 8.66. The number of nitrogens with zero attached hydrogens (tertiary/aromatic N) is 1. The zero-order chi connectivity index (χ0) is 19.3. The maximum Gasteiger partial charge on any atom is 0.328 e. The summed E-state index contributed by atoms with van der Waals surface area (Å²) in [5.41, 5.74) is 1.18. The predicted molar refractivity (Wildman–Crippen MR) is 104 cm³/mol. The molecule has 5 nitrogen and oxygen atoms in total. The van der Waals surface area contributed by atoms with Gasteiger partial charge in [0.1, 0.15) is 11.7 Å². The Hall–Kier alpha value is -2.30. The van der Waals surface area contributed by atoms with Crippen molar-refractivity contribution in [2.45, 2.75) is 59.5 Å². The number of hydrogen-bond acceptors (Lipinski definition) is 3. The van der Waals surface area contributed by atoms with Gasteiger partial charge in [0.15, 0.2) is 0 Å². The van der Waals surface area contributed by atoms with Crippen molar-refractivity contribution < 1.29 is 14.3 Å². The van der Waals surface area contributed by atoms with Gasteiger partial charge >= 0.3 is 5.97 Å². The average Bonchev–Trinajstić information content (AvgIpc) is 2.97. The number of carbonyl (C=O) groups is 2. The van der Waals surface area contributed by atoms with Crippen LogP contribution >= 0.6 is 0 Å². The van der Waals surface area contributed by atoms with Crippen molar-refractivity contribution in [3.63, 3.8) is 0 Å². The minimum absolute atomic E-state index is 0.247. The van der Waals surface area contributed by atoms with Gasteiger partial charge < -0.3 is 14.6 Å². The number of amides is 1. The Morgan fingerprint density at radius 2 is 1.88 bits per heavy atom. The van der Waals surface area contributed by atoms with Crippen LogP contribution in [0.2, 0.25) is 0 Å². The molecule has 0 saturated carbocycles. The van der Waals surface area contributed by atoms with Gasteiger partial charge in [0, 0.05) is 17.4 Å². The second-order valence-electron chi connectivity index (χ2n) is 7.74. The van der Waals surface area contributed by atoms with Gasteiger partial charge in [0.2, 0.25) is 0 Å². The molecule has 2 rings (SSSR count). The van der Waals surface area contributed by atoms with Crippen molar-refractivity contribution in [3.8, 4) is 0 Å². The molecule has 142 valence electrons. The molecule has 0 spiro atoms. The van der Waals surface area contributed by atoms with Crippen LogP contribution in [0.3, 0.4) is 0 Å². The number of nitrogens with one attached hydrogen (secondary N) is 1. The highest BCUT2D eigenvalue weighted by molar-refractivity contribution is 6.00. The Kier molecular flexibility index (Phi) is 6.46. The number of ether oxygens (including phenoxy) is 1. The zero-order valence-corrected chi connectivity index (χ0v) is 16.5. The number of methoxy groups -OCH3 is 1. The SMILES string of the molecule is CCCCCn1c(C(=O)N[C@H](C(=O)OC)C(C)(C)C)cc2ccccc21. The number of esters is 1. The number of carbonyl (C=O) groups excluding carboxylic acids is 2. The van der Waals surface area contributed by atoms with Crippen LogP contribution in [0.1, 0.15) is 57.4 Å². The van der Waals surface area contributed by atoms with Gasteiger partial charge in [0.25, 0.3) is 5.91 Å². The highest BCUT2D eigenvalue weighted by Gasteiger charge is 2.34. The summed E-state index contributed by atoms with van der Waals surface area (Å²) in [4.78, 5) is 25.2. The van der Waals surface area contributed by atoms with Gasteiger partial charge in [-0.05, 0) is 24.0 Å². The van der Waals surface area contributed by atoms with Gasteiger partial charge in [-0.3, -0.25) is 4.79 Å². The summed E-state index contributed by atoms with van der Waals surface area (Å²) >= 11 is 0. The molecule has 0 aliphatic carbocycles. The lowest BCUT2D eigenvalue weighted by Gasteiger charge is -2.29. The second-order valence-corrected chi connectivity index (χ2v) is 7.74. The van der Waals surface area contributed by atoms with E-state index in [0.717, 1.165) is 36.7 Å². The number of para-hydroxylation sites is 1. The monoisotopic (exact) mass is 358 g/mol. The Morgan fingerprint density at radius 3 is 2.50 bits per heavy atom.